The Morgan fingerprint density at radius 3 is 2.80 bits per heavy atom. The maximum atomic E-state index is 12.4. The number of carbonyl (C=O) groups excluding carboxylic acids is 1. The molecule has 5 nitrogen and oxygen atoms in total. The Labute approximate surface area is 121 Å². The zero-order valence-corrected chi connectivity index (χ0v) is 12.4. The molecule has 1 saturated carbocycles. The number of morpholine rings is 1. The van der Waals surface area contributed by atoms with Gasteiger partial charge in [-0.15, -0.1) is 0 Å². The zero-order chi connectivity index (χ0) is 13.9. The molecule has 3 fully saturated rings. The first-order valence-electron chi connectivity index (χ1n) is 7.89. The summed E-state index contributed by atoms with van der Waals surface area (Å²) in [5.41, 5.74) is 0. The van der Waals surface area contributed by atoms with Crippen LogP contribution in [-0.2, 0) is 14.3 Å². The highest BCUT2D eigenvalue weighted by atomic mass is 16.5. The molecule has 5 heteroatoms. The van der Waals surface area contributed by atoms with Crippen molar-refractivity contribution in [3.05, 3.63) is 0 Å². The Morgan fingerprint density at radius 1 is 1.25 bits per heavy atom. The molecule has 2 heterocycles. The lowest BCUT2D eigenvalue weighted by atomic mass is 10.1. The van der Waals surface area contributed by atoms with Crippen molar-refractivity contribution in [3.8, 4) is 0 Å². The number of hydrogen-bond donors (Lipinski definition) is 0. The fourth-order valence-electron chi connectivity index (χ4n) is 3.18. The molecule has 2 saturated heterocycles. The van der Waals surface area contributed by atoms with E-state index in [0.29, 0.717) is 13.2 Å². The Bertz CT molecular complexity index is 340. The van der Waals surface area contributed by atoms with E-state index in [4.69, 9.17) is 9.47 Å². The van der Waals surface area contributed by atoms with Crippen LogP contribution in [0.2, 0.25) is 0 Å². The van der Waals surface area contributed by atoms with Gasteiger partial charge in [-0.3, -0.25) is 4.79 Å². The van der Waals surface area contributed by atoms with Gasteiger partial charge in [-0.2, -0.15) is 0 Å². The number of ether oxygens (including phenoxy) is 2. The van der Waals surface area contributed by atoms with Gasteiger partial charge in [0.1, 0.15) is 0 Å². The third-order valence-corrected chi connectivity index (χ3v) is 4.51. The molecule has 2 aliphatic heterocycles. The average molecular weight is 282 g/mol. The normalized spacial score (nSPS) is 31.0. The summed E-state index contributed by atoms with van der Waals surface area (Å²) in [5.74, 6) is 1.25. The average Bonchev–Trinajstić information content (AvgIpc) is 3.08. The number of rotatable bonds is 5. The van der Waals surface area contributed by atoms with Crippen molar-refractivity contribution >= 4 is 5.91 Å². The lowest BCUT2D eigenvalue weighted by Crippen LogP contribution is -2.51. The first-order chi connectivity index (χ1) is 9.72. The van der Waals surface area contributed by atoms with Crippen LogP contribution in [0.4, 0.5) is 0 Å². The smallest absolute Gasteiger partial charge is 0.228 e. The predicted molar refractivity (Wildman–Crippen MR) is 75.5 cm³/mol. The van der Waals surface area contributed by atoms with Crippen molar-refractivity contribution in [2.24, 2.45) is 11.8 Å². The van der Waals surface area contributed by atoms with Gasteiger partial charge in [0.25, 0.3) is 0 Å². The van der Waals surface area contributed by atoms with Gasteiger partial charge in [-0.05, 0) is 32.2 Å². The van der Waals surface area contributed by atoms with Crippen molar-refractivity contribution in [2.75, 3.05) is 53.0 Å². The summed E-state index contributed by atoms with van der Waals surface area (Å²) in [7, 11) is 2.16. The van der Waals surface area contributed by atoms with E-state index in [0.717, 1.165) is 38.6 Å². The van der Waals surface area contributed by atoms with Crippen molar-refractivity contribution in [1.29, 1.82) is 0 Å². The molecule has 0 radical (unpaired) electrons. The van der Waals surface area contributed by atoms with Gasteiger partial charge in [0.15, 0.2) is 0 Å². The van der Waals surface area contributed by atoms with E-state index >= 15 is 0 Å². The van der Waals surface area contributed by atoms with E-state index in [9.17, 15) is 4.79 Å². The summed E-state index contributed by atoms with van der Waals surface area (Å²) >= 11 is 0. The SMILES string of the molecule is CN(CC1CC1)CC1CN(C(=O)C2CCOC2)CCO1. The van der Waals surface area contributed by atoms with Gasteiger partial charge >= 0.3 is 0 Å². The summed E-state index contributed by atoms with van der Waals surface area (Å²) < 4.78 is 11.2. The van der Waals surface area contributed by atoms with E-state index in [1.165, 1.54) is 19.4 Å². The standard InChI is InChI=1S/C15H26N2O3/c1-16(8-12-2-3-12)9-14-10-17(5-7-20-14)15(18)13-4-6-19-11-13/h12-14H,2-11H2,1H3. The van der Waals surface area contributed by atoms with E-state index in [-0.39, 0.29) is 17.9 Å². The molecule has 114 valence electrons. The fourth-order valence-corrected chi connectivity index (χ4v) is 3.18. The topological polar surface area (TPSA) is 42.0 Å². The second-order valence-electron chi connectivity index (χ2n) is 6.50. The number of hydrogen-bond acceptors (Lipinski definition) is 4. The Hall–Kier alpha value is -0.650. The summed E-state index contributed by atoms with van der Waals surface area (Å²) in [6, 6.07) is 0. The van der Waals surface area contributed by atoms with Gasteiger partial charge in [0.05, 0.1) is 25.2 Å². The van der Waals surface area contributed by atoms with Crippen LogP contribution in [0.5, 0.6) is 0 Å². The van der Waals surface area contributed by atoms with Gasteiger partial charge in [0, 0.05) is 32.8 Å². The predicted octanol–water partition coefficient (Wildman–Crippen LogP) is 0.592. The molecule has 0 aromatic rings. The molecule has 0 aromatic heterocycles. The molecule has 0 spiro atoms. The lowest BCUT2D eigenvalue weighted by Gasteiger charge is -2.36. The van der Waals surface area contributed by atoms with E-state index in [1.807, 2.05) is 4.90 Å². The van der Waals surface area contributed by atoms with Crippen LogP contribution in [0, 0.1) is 11.8 Å². The Kier molecular flexibility index (Phi) is 4.58. The lowest BCUT2D eigenvalue weighted by molar-refractivity contribution is -0.143. The van der Waals surface area contributed by atoms with Gasteiger partial charge < -0.3 is 19.3 Å². The molecule has 3 aliphatic rings. The van der Waals surface area contributed by atoms with Crippen LogP contribution < -0.4 is 0 Å². The fraction of sp³-hybridized carbons (Fsp3) is 0.933. The minimum Gasteiger partial charge on any atom is -0.381 e. The van der Waals surface area contributed by atoms with Crippen LogP contribution in [0.25, 0.3) is 0 Å². The van der Waals surface area contributed by atoms with Gasteiger partial charge in [-0.25, -0.2) is 0 Å². The first-order valence-corrected chi connectivity index (χ1v) is 7.89. The Balaban J connectivity index is 1.46. The van der Waals surface area contributed by atoms with Crippen molar-refractivity contribution in [3.63, 3.8) is 0 Å². The molecule has 2 unspecified atom stereocenters. The van der Waals surface area contributed by atoms with E-state index in [2.05, 4.69) is 11.9 Å². The molecule has 1 aliphatic carbocycles. The maximum absolute atomic E-state index is 12.4. The third-order valence-electron chi connectivity index (χ3n) is 4.51. The summed E-state index contributed by atoms with van der Waals surface area (Å²) in [5, 5.41) is 0. The van der Waals surface area contributed by atoms with Gasteiger partial charge in [-0.1, -0.05) is 0 Å². The molecule has 0 bridgehead atoms. The summed E-state index contributed by atoms with van der Waals surface area (Å²) in [6.07, 6.45) is 3.80. The third kappa shape index (κ3) is 3.71. The molecule has 2 atom stereocenters. The second-order valence-corrected chi connectivity index (χ2v) is 6.50. The van der Waals surface area contributed by atoms with Crippen LogP contribution in [0.15, 0.2) is 0 Å². The monoisotopic (exact) mass is 282 g/mol. The highest BCUT2D eigenvalue weighted by Crippen LogP contribution is 2.29. The molecule has 0 N–H and O–H groups in total. The quantitative estimate of drug-likeness (QED) is 0.740. The molecular formula is C15H26N2O3. The number of amides is 1. The minimum absolute atomic E-state index is 0.0814. The number of nitrogens with zero attached hydrogens (tertiary/aromatic N) is 2. The van der Waals surface area contributed by atoms with Crippen molar-refractivity contribution in [1.82, 2.24) is 9.80 Å². The molecule has 0 aromatic carbocycles. The van der Waals surface area contributed by atoms with Crippen LogP contribution >= 0.6 is 0 Å². The number of carbonyl (C=O) groups is 1. The van der Waals surface area contributed by atoms with Crippen LogP contribution in [-0.4, -0.2) is 74.9 Å². The van der Waals surface area contributed by atoms with E-state index < -0.39 is 0 Å². The van der Waals surface area contributed by atoms with E-state index in [1.54, 1.807) is 0 Å². The highest BCUT2D eigenvalue weighted by Gasteiger charge is 2.32. The zero-order valence-electron chi connectivity index (χ0n) is 12.4. The minimum atomic E-state index is 0.0814. The van der Waals surface area contributed by atoms with Crippen molar-refractivity contribution < 1.29 is 14.3 Å². The van der Waals surface area contributed by atoms with Crippen LogP contribution in [0.3, 0.4) is 0 Å². The maximum Gasteiger partial charge on any atom is 0.228 e. The van der Waals surface area contributed by atoms with Crippen LogP contribution in [0.1, 0.15) is 19.3 Å². The largest absolute Gasteiger partial charge is 0.381 e. The number of likely N-dealkylation sites (N-methyl/N-ethyl adjacent to an activating group) is 1. The summed E-state index contributed by atoms with van der Waals surface area (Å²) in [4.78, 5) is 16.7. The van der Waals surface area contributed by atoms with Gasteiger partial charge in [0.2, 0.25) is 5.91 Å². The molecular weight excluding hydrogens is 256 g/mol. The molecule has 20 heavy (non-hydrogen) atoms. The second kappa shape index (κ2) is 6.41. The molecule has 1 amide bonds. The summed E-state index contributed by atoms with van der Waals surface area (Å²) in [6.45, 7) is 5.58. The van der Waals surface area contributed by atoms with Crippen molar-refractivity contribution in [2.45, 2.75) is 25.4 Å². The molecule has 3 rings (SSSR count). The Morgan fingerprint density at radius 2 is 2.10 bits per heavy atom. The highest BCUT2D eigenvalue weighted by molar-refractivity contribution is 5.79. The first kappa shape index (κ1) is 14.3.